The molecule has 0 radical (unpaired) electrons. The third kappa shape index (κ3) is 2.54. The number of aliphatic carboxylic acids is 1. The lowest BCUT2D eigenvalue weighted by atomic mass is 10.0. The molecule has 0 spiro atoms. The molecule has 1 heterocycles. The zero-order valence-electron chi connectivity index (χ0n) is 8.97. The van der Waals surface area contributed by atoms with E-state index in [0.29, 0.717) is 17.0 Å². The Hall–Kier alpha value is -2.08. The lowest BCUT2D eigenvalue weighted by molar-refractivity contribution is -0.137. The Bertz CT molecular complexity index is 473. The summed E-state index contributed by atoms with van der Waals surface area (Å²) in [7, 11) is 0. The van der Waals surface area contributed by atoms with Gasteiger partial charge in [-0.25, -0.2) is 0 Å². The lowest BCUT2D eigenvalue weighted by Gasteiger charge is -2.19. The molecule has 6 heteroatoms. The second kappa shape index (κ2) is 4.42. The largest absolute Gasteiger partial charge is 0.482 e. The van der Waals surface area contributed by atoms with Crippen LogP contribution in [0.1, 0.15) is 18.0 Å². The van der Waals surface area contributed by atoms with E-state index in [1.54, 1.807) is 18.2 Å². The van der Waals surface area contributed by atoms with Gasteiger partial charge in [-0.2, -0.15) is 0 Å². The van der Waals surface area contributed by atoms with Gasteiger partial charge in [-0.15, -0.1) is 0 Å². The summed E-state index contributed by atoms with van der Waals surface area (Å²) in [4.78, 5) is 21.7. The quantitative estimate of drug-likeness (QED) is 0.709. The number of benzene rings is 1. The van der Waals surface area contributed by atoms with Crippen LogP contribution in [0.4, 0.5) is 5.69 Å². The van der Waals surface area contributed by atoms with E-state index in [0.717, 1.165) is 0 Å². The van der Waals surface area contributed by atoms with Crippen LogP contribution in [0.25, 0.3) is 0 Å². The van der Waals surface area contributed by atoms with E-state index in [4.69, 9.17) is 15.6 Å². The maximum absolute atomic E-state index is 11.1. The lowest BCUT2D eigenvalue weighted by Crippen LogP contribution is -2.25. The van der Waals surface area contributed by atoms with Crippen LogP contribution in [-0.2, 0) is 9.59 Å². The number of carbonyl (C=O) groups is 2. The minimum Gasteiger partial charge on any atom is -0.482 e. The summed E-state index contributed by atoms with van der Waals surface area (Å²) in [5.41, 5.74) is 6.91. The Morgan fingerprint density at radius 3 is 3.06 bits per heavy atom. The van der Waals surface area contributed by atoms with Crippen LogP contribution in [-0.4, -0.2) is 23.6 Å². The Morgan fingerprint density at radius 1 is 1.59 bits per heavy atom. The molecule has 1 aliphatic rings. The second-order valence-corrected chi connectivity index (χ2v) is 3.80. The normalized spacial score (nSPS) is 15.5. The van der Waals surface area contributed by atoms with E-state index >= 15 is 0 Å². The monoisotopic (exact) mass is 236 g/mol. The fourth-order valence-electron chi connectivity index (χ4n) is 1.64. The highest BCUT2D eigenvalue weighted by atomic mass is 16.5. The first kappa shape index (κ1) is 11.4. The zero-order valence-corrected chi connectivity index (χ0v) is 8.97. The first-order valence-corrected chi connectivity index (χ1v) is 5.10. The fourth-order valence-corrected chi connectivity index (χ4v) is 1.64. The molecule has 4 N–H and O–H groups in total. The average Bonchev–Trinajstić information content (AvgIpc) is 2.27. The SMILES string of the molecule is NC(CC(=O)O)c1ccc2c(c1)NC(=O)CO2. The van der Waals surface area contributed by atoms with Crippen molar-refractivity contribution in [1.82, 2.24) is 0 Å². The number of nitrogens with two attached hydrogens (primary N) is 1. The number of fused-ring (bicyclic) bond motifs is 1. The number of rotatable bonds is 3. The number of carboxylic acids is 1. The smallest absolute Gasteiger partial charge is 0.305 e. The molecule has 6 nitrogen and oxygen atoms in total. The van der Waals surface area contributed by atoms with Gasteiger partial charge < -0.3 is 20.9 Å². The number of amides is 1. The van der Waals surface area contributed by atoms with Crippen molar-refractivity contribution in [3.63, 3.8) is 0 Å². The van der Waals surface area contributed by atoms with Crippen molar-refractivity contribution in [3.05, 3.63) is 23.8 Å². The molecule has 1 unspecified atom stereocenters. The van der Waals surface area contributed by atoms with Gasteiger partial charge in [0.05, 0.1) is 12.1 Å². The van der Waals surface area contributed by atoms with Crippen molar-refractivity contribution in [2.75, 3.05) is 11.9 Å². The van der Waals surface area contributed by atoms with Crippen molar-refractivity contribution in [1.29, 1.82) is 0 Å². The van der Waals surface area contributed by atoms with E-state index in [1.165, 1.54) is 0 Å². The van der Waals surface area contributed by atoms with Crippen LogP contribution >= 0.6 is 0 Å². The van der Waals surface area contributed by atoms with Gasteiger partial charge >= 0.3 is 5.97 Å². The van der Waals surface area contributed by atoms with E-state index in [9.17, 15) is 9.59 Å². The summed E-state index contributed by atoms with van der Waals surface area (Å²) in [6.07, 6.45) is -0.159. The van der Waals surface area contributed by atoms with Gasteiger partial charge in [0.2, 0.25) is 0 Å². The third-order valence-corrected chi connectivity index (χ3v) is 2.46. The summed E-state index contributed by atoms with van der Waals surface area (Å²) in [5.74, 6) is -0.632. The molecule has 1 aromatic carbocycles. The standard InChI is InChI=1S/C11H12N2O4/c12-7(4-11(15)16)6-1-2-9-8(3-6)13-10(14)5-17-9/h1-3,7H,4-5,12H2,(H,13,14)(H,15,16). The highest BCUT2D eigenvalue weighted by Crippen LogP contribution is 2.30. The van der Waals surface area contributed by atoms with Crippen LogP contribution in [0.5, 0.6) is 5.75 Å². The molecule has 0 aromatic heterocycles. The van der Waals surface area contributed by atoms with Crippen LogP contribution in [0.3, 0.4) is 0 Å². The number of ether oxygens (including phenoxy) is 1. The number of carbonyl (C=O) groups excluding carboxylic acids is 1. The fraction of sp³-hybridized carbons (Fsp3) is 0.273. The molecule has 0 bridgehead atoms. The number of nitrogens with one attached hydrogen (secondary N) is 1. The van der Waals surface area contributed by atoms with Gasteiger partial charge in [-0.05, 0) is 17.7 Å². The topological polar surface area (TPSA) is 102 Å². The predicted molar refractivity (Wildman–Crippen MR) is 59.7 cm³/mol. The van der Waals surface area contributed by atoms with Gasteiger partial charge in [-0.3, -0.25) is 9.59 Å². The minimum absolute atomic E-state index is 0.00642. The maximum atomic E-state index is 11.1. The van der Waals surface area contributed by atoms with Crippen molar-refractivity contribution in [3.8, 4) is 5.75 Å². The molecule has 2 rings (SSSR count). The number of hydrogen-bond acceptors (Lipinski definition) is 4. The zero-order chi connectivity index (χ0) is 12.4. The summed E-state index contributed by atoms with van der Waals surface area (Å²) in [6.45, 7) is -0.00642. The third-order valence-electron chi connectivity index (χ3n) is 2.46. The van der Waals surface area contributed by atoms with Gasteiger partial charge in [0, 0.05) is 6.04 Å². The van der Waals surface area contributed by atoms with Crippen LogP contribution in [0, 0.1) is 0 Å². The van der Waals surface area contributed by atoms with E-state index < -0.39 is 12.0 Å². The Kier molecular flexibility index (Phi) is 2.97. The van der Waals surface area contributed by atoms with Crippen molar-refractivity contribution < 1.29 is 19.4 Å². The molecular formula is C11H12N2O4. The molecule has 17 heavy (non-hydrogen) atoms. The molecule has 0 aliphatic carbocycles. The summed E-state index contributed by atoms with van der Waals surface area (Å²) in [6, 6.07) is 4.41. The molecule has 1 aliphatic heterocycles. The summed E-state index contributed by atoms with van der Waals surface area (Å²) < 4.78 is 5.18. The second-order valence-electron chi connectivity index (χ2n) is 3.80. The van der Waals surface area contributed by atoms with Gasteiger partial charge in [0.1, 0.15) is 5.75 Å². The van der Waals surface area contributed by atoms with E-state index in [2.05, 4.69) is 5.32 Å². The average molecular weight is 236 g/mol. The maximum Gasteiger partial charge on any atom is 0.305 e. The molecule has 1 amide bonds. The Morgan fingerprint density at radius 2 is 2.35 bits per heavy atom. The molecule has 1 aromatic rings. The summed E-state index contributed by atoms with van der Waals surface area (Å²) >= 11 is 0. The summed E-state index contributed by atoms with van der Waals surface area (Å²) in [5, 5.41) is 11.3. The van der Waals surface area contributed by atoms with Gasteiger partial charge in [-0.1, -0.05) is 6.07 Å². The highest BCUT2D eigenvalue weighted by Gasteiger charge is 2.18. The highest BCUT2D eigenvalue weighted by molar-refractivity contribution is 5.95. The molecule has 1 atom stereocenters. The molecule has 90 valence electrons. The molecule has 0 fully saturated rings. The number of carboxylic acid groups (broad SMARTS) is 1. The van der Waals surface area contributed by atoms with E-state index in [1.807, 2.05) is 0 Å². The first-order chi connectivity index (χ1) is 8.06. The van der Waals surface area contributed by atoms with Crippen molar-refractivity contribution in [2.24, 2.45) is 5.73 Å². The predicted octanol–water partition coefficient (Wildman–Crippen LogP) is 0.492. The van der Waals surface area contributed by atoms with Gasteiger partial charge in [0.25, 0.3) is 5.91 Å². The molecule has 0 saturated carbocycles. The van der Waals surface area contributed by atoms with Crippen LogP contribution in [0.2, 0.25) is 0 Å². The molecule has 0 saturated heterocycles. The van der Waals surface area contributed by atoms with Crippen LogP contribution in [0.15, 0.2) is 18.2 Å². The van der Waals surface area contributed by atoms with Crippen LogP contribution < -0.4 is 15.8 Å². The Balaban J connectivity index is 2.23. The van der Waals surface area contributed by atoms with Crippen molar-refractivity contribution >= 4 is 17.6 Å². The Labute approximate surface area is 97.4 Å². The first-order valence-electron chi connectivity index (χ1n) is 5.10. The molecular weight excluding hydrogens is 224 g/mol. The number of anilines is 1. The number of hydrogen-bond donors (Lipinski definition) is 3. The van der Waals surface area contributed by atoms with Crippen molar-refractivity contribution in [2.45, 2.75) is 12.5 Å². The van der Waals surface area contributed by atoms with Gasteiger partial charge in [0.15, 0.2) is 6.61 Å². The minimum atomic E-state index is -0.962. The van der Waals surface area contributed by atoms with E-state index in [-0.39, 0.29) is 18.9 Å².